The van der Waals surface area contributed by atoms with E-state index in [1.165, 1.54) is 4.90 Å². The molecule has 0 aromatic heterocycles. The lowest BCUT2D eigenvalue weighted by atomic mass is 9.95. The topological polar surface area (TPSA) is 76.1 Å². The Balaban J connectivity index is 1.75. The number of Topliss-reactive ketones (excluding diaryl/α,β-unsaturated/α-hetero) is 1. The number of carbonyl (C=O) groups excluding carboxylic acids is 2. The number of aliphatic hydroxyl groups is 1. The number of carbonyl (C=O) groups is 2. The molecule has 6 nitrogen and oxygen atoms in total. The molecule has 6 heteroatoms. The minimum absolute atomic E-state index is 0.00885. The number of rotatable bonds is 11. The van der Waals surface area contributed by atoms with E-state index in [4.69, 9.17) is 9.47 Å². The van der Waals surface area contributed by atoms with Crippen molar-refractivity contribution in [2.75, 3.05) is 11.5 Å². The second-order valence-corrected chi connectivity index (χ2v) is 10.7. The van der Waals surface area contributed by atoms with Crippen molar-refractivity contribution in [3.8, 4) is 11.5 Å². The monoisotopic (exact) mass is 541 g/mol. The van der Waals surface area contributed by atoms with Gasteiger partial charge in [-0.15, -0.1) is 0 Å². The van der Waals surface area contributed by atoms with Crippen molar-refractivity contribution in [3.05, 3.63) is 95.1 Å². The summed E-state index contributed by atoms with van der Waals surface area (Å²) in [7, 11) is 0. The molecule has 0 aliphatic carbocycles. The zero-order valence-corrected chi connectivity index (χ0v) is 24.0. The third-order valence-corrected chi connectivity index (χ3v) is 6.99. The van der Waals surface area contributed by atoms with Gasteiger partial charge in [0, 0.05) is 11.3 Å². The first-order valence-electron chi connectivity index (χ1n) is 14.1. The molecule has 210 valence electrons. The van der Waals surface area contributed by atoms with Crippen molar-refractivity contribution >= 4 is 23.1 Å². The quantitative estimate of drug-likeness (QED) is 0.116. The molecule has 1 unspecified atom stereocenters. The van der Waals surface area contributed by atoms with Gasteiger partial charge in [0.2, 0.25) is 0 Å². The van der Waals surface area contributed by atoms with E-state index in [0.29, 0.717) is 40.8 Å². The summed E-state index contributed by atoms with van der Waals surface area (Å²) in [6, 6.07) is 21.1. The van der Waals surface area contributed by atoms with E-state index in [0.717, 1.165) is 24.8 Å². The zero-order chi connectivity index (χ0) is 28.8. The summed E-state index contributed by atoms with van der Waals surface area (Å²) in [5.74, 6) is 0.0827. The Kier molecular flexibility index (Phi) is 9.30. The van der Waals surface area contributed by atoms with Crippen LogP contribution in [0.5, 0.6) is 11.5 Å². The summed E-state index contributed by atoms with van der Waals surface area (Å²) in [6.45, 7) is 10.9. The first-order chi connectivity index (χ1) is 19.2. The molecular formula is C34H39NO5. The SMILES string of the molecule is CCCCCOc1ccc(/C(O)=C2\C(=O)C(=O)N(c3ccc(C(C)C)cc3)C2c2ccc(OC(C)C)cc2)cc1. The number of benzene rings is 3. The van der Waals surface area contributed by atoms with Crippen LogP contribution in [0.25, 0.3) is 5.76 Å². The molecule has 0 saturated carbocycles. The number of ether oxygens (including phenoxy) is 2. The lowest BCUT2D eigenvalue weighted by Gasteiger charge is -2.26. The average molecular weight is 542 g/mol. The third kappa shape index (κ3) is 6.39. The average Bonchev–Trinajstić information content (AvgIpc) is 3.21. The van der Waals surface area contributed by atoms with Crippen LogP contribution in [0.15, 0.2) is 78.4 Å². The molecule has 0 spiro atoms. The van der Waals surface area contributed by atoms with Gasteiger partial charge in [-0.3, -0.25) is 14.5 Å². The van der Waals surface area contributed by atoms with Gasteiger partial charge in [-0.2, -0.15) is 0 Å². The van der Waals surface area contributed by atoms with Crippen LogP contribution < -0.4 is 14.4 Å². The molecule has 1 aliphatic rings. The van der Waals surface area contributed by atoms with Gasteiger partial charge in [0.1, 0.15) is 17.3 Å². The van der Waals surface area contributed by atoms with Crippen LogP contribution in [0.3, 0.4) is 0 Å². The maximum absolute atomic E-state index is 13.5. The van der Waals surface area contributed by atoms with Crippen molar-refractivity contribution in [3.63, 3.8) is 0 Å². The maximum Gasteiger partial charge on any atom is 0.300 e. The van der Waals surface area contributed by atoms with E-state index >= 15 is 0 Å². The fraction of sp³-hybridized carbons (Fsp3) is 0.353. The predicted octanol–water partition coefficient (Wildman–Crippen LogP) is 7.79. The number of hydrogen-bond acceptors (Lipinski definition) is 5. The molecule has 4 rings (SSSR count). The zero-order valence-electron chi connectivity index (χ0n) is 24.0. The van der Waals surface area contributed by atoms with Crippen LogP contribution in [-0.2, 0) is 9.59 Å². The Hall–Kier alpha value is -4.06. The molecule has 40 heavy (non-hydrogen) atoms. The van der Waals surface area contributed by atoms with Crippen LogP contribution in [0.1, 0.15) is 82.5 Å². The van der Waals surface area contributed by atoms with Gasteiger partial charge in [0.05, 0.1) is 24.3 Å². The number of ketones is 1. The number of unbranched alkanes of at least 4 members (excludes halogenated alkanes) is 2. The molecule has 0 radical (unpaired) electrons. The summed E-state index contributed by atoms with van der Waals surface area (Å²) in [4.78, 5) is 28.4. The van der Waals surface area contributed by atoms with Crippen molar-refractivity contribution in [1.82, 2.24) is 0 Å². The normalized spacial score (nSPS) is 16.7. The Morgan fingerprint density at radius 1 is 0.850 bits per heavy atom. The minimum atomic E-state index is -0.803. The van der Waals surface area contributed by atoms with Gasteiger partial charge in [-0.25, -0.2) is 0 Å². The molecule has 1 aliphatic heterocycles. The van der Waals surface area contributed by atoms with Gasteiger partial charge < -0.3 is 14.6 Å². The van der Waals surface area contributed by atoms with E-state index in [1.807, 2.05) is 62.4 Å². The highest BCUT2D eigenvalue weighted by Gasteiger charge is 2.47. The molecule has 3 aromatic carbocycles. The fourth-order valence-corrected chi connectivity index (χ4v) is 4.84. The summed E-state index contributed by atoms with van der Waals surface area (Å²) >= 11 is 0. The van der Waals surface area contributed by atoms with E-state index < -0.39 is 17.7 Å². The second kappa shape index (κ2) is 12.9. The van der Waals surface area contributed by atoms with Crippen LogP contribution in [0.4, 0.5) is 5.69 Å². The molecule has 1 fully saturated rings. The van der Waals surface area contributed by atoms with Crippen LogP contribution in [0.2, 0.25) is 0 Å². The number of anilines is 1. The highest BCUT2D eigenvalue weighted by Crippen LogP contribution is 2.43. The second-order valence-electron chi connectivity index (χ2n) is 10.7. The highest BCUT2D eigenvalue weighted by atomic mass is 16.5. The van der Waals surface area contributed by atoms with E-state index in [9.17, 15) is 14.7 Å². The van der Waals surface area contributed by atoms with Crippen LogP contribution in [-0.4, -0.2) is 29.5 Å². The minimum Gasteiger partial charge on any atom is -0.507 e. The van der Waals surface area contributed by atoms with Crippen LogP contribution in [0, 0.1) is 0 Å². The largest absolute Gasteiger partial charge is 0.507 e. The highest BCUT2D eigenvalue weighted by molar-refractivity contribution is 6.51. The van der Waals surface area contributed by atoms with Gasteiger partial charge >= 0.3 is 0 Å². The Bertz CT molecular complexity index is 1340. The van der Waals surface area contributed by atoms with Crippen LogP contribution >= 0.6 is 0 Å². The van der Waals surface area contributed by atoms with Gasteiger partial charge in [-0.05, 0) is 85.8 Å². The van der Waals surface area contributed by atoms with Gasteiger partial charge in [-0.1, -0.05) is 57.9 Å². The molecule has 3 aromatic rings. The molecule has 1 N–H and O–H groups in total. The maximum atomic E-state index is 13.5. The Labute approximate surface area is 237 Å². The predicted molar refractivity (Wildman–Crippen MR) is 159 cm³/mol. The Morgan fingerprint density at radius 2 is 1.48 bits per heavy atom. The summed E-state index contributed by atoms with van der Waals surface area (Å²) < 4.78 is 11.6. The van der Waals surface area contributed by atoms with E-state index in [1.54, 1.807) is 24.3 Å². The number of aliphatic hydroxyl groups excluding tert-OH is 1. The van der Waals surface area contributed by atoms with Gasteiger partial charge in [0.25, 0.3) is 11.7 Å². The number of nitrogens with zero attached hydrogens (tertiary/aromatic N) is 1. The number of amides is 1. The smallest absolute Gasteiger partial charge is 0.300 e. The molecule has 1 amide bonds. The first kappa shape index (κ1) is 28.9. The number of hydrogen-bond donors (Lipinski definition) is 1. The molecule has 1 atom stereocenters. The Morgan fingerprint density at radius 3 is 2.05 bits per heavy atom. The molecular weight excluding hydrogens is 502 g/mol. The summed E-state index contributed by atoms with van der Waals surface area (Å²) in [6.07, 6.45) is 3.20. The fourth-order valence-electron chi connectivity index (χ4n) is 4.84. The standard InChI is InChI=1S/C34H39NO5/c1-6-7-8-21-39-28-17-13-26(14-18-28)32(36)30-31(25-11-19-29(20-12-25)40-23(4)5)35(34(38)33(30)37)27-15-9-24(10-16-27)22(2)3/h9-20,22-23,31,36H,6-8,21H2,1-5H3/b32-30+. The van der Waals surface area contributed by atoms with Crippen molar-refractivity contribution in [1.29, 1.82) is 0 Å². The van der Waals surface area contributed by atoms with E-state index in [-0.39, 0.29) is 17.4 Å². The lowest BCUT2D eigenvalue weighted by Crippen LogP contribution is -2.29. The lowest BCUT2D eigenvalue weighted by molar-refractivity contribution is -0.132. The summed E-state index contributed by atoms with van der Waals surface area (Å²) in [5, 5.41) is 11.4. The molecule has 0 bridgehead atoms. The van der Waals surface area contributed by atoms with Gasteiger partial charge in [0.15, 0.2) is 0 Å². The van der Waals surface area contributed by atoms with Crippen molar-refractivity contribution in [2.45, 2.75) is 71.9 Å². The summed E-state index contributed by atoms with van der Waals surface area (Å²) in [5.41, 5.74) is 2.91. The van der Waals surface area contributed by atoms with Crippen molar-refractivity contribution < 1.29 is 24.2 Å². The molecule has 1 heterocycles. The first-order valence-corrected chi connectivity index (χ1v) is 14.1. The van der Waals surface area contributed by atoms with Crippen molar-refractivity contribution in [2.24, 2.45) is 0 Å². The van der Waals surface area contributed by atoms with E-state index in [2.05, 4.69) is 20.8 Å². The third-order valence-electron chi connectivity index (χ3n) is 6.99. The molecule has 1 saturated heterocycles.